The number of rotatable bonds is 4. The summed E-state index contributed by atoms with van der Waals surface area (Å²) in [7, 11) is 0. The number of nitrogens with one attached hydrogen (secondary N) is 2. The van der Waals surface area contributed by atoms with Crippen molar-refractivity contribution in [1.82, 2.24) is 20.4 Å². The smallest absolute Gasteiger partial charge is 0.0234 e. The minimum absolute atomic E-state index is 0.151. The van der Waals surface area contributed by atoms with Gasteiger partial charge < -0.3 is 10.6 Å². The highest BCUT2D eigenvalue weighted by atomic mass is 15.2. The fraction of sp³-hybridized carbons (Fsp3) is 0.700. The van der Waals surface area contributed by atoms with E-state index in [0.29, 0.717) is 0 Å². The first-order valence-electron chi connectivity index (χ1n) is 17.5. The van der Waals surface area contributed by atoms with Crippen molar-refractivity contribution in [1.29, 1.82) is 0 Å². The molecule has 2 aromatic carbocycles. The molecule has 1 fully saturated rings. The van der Waals surface area contributed by atoms with Crippen LogP contribution in [0.2, 0.25) is 0 Å². The maximum absolute atomic E-state index is 3.78. The average Bonchev–Trinajstić information content (AvgIpc) is 2.89. The van der Waals surface area contributed by atoms with E-state index in [9.17, 15) is 0 Å². The summed E-state index contributed by atoms with van der Waals surface area (Å²) < 4.78 is 0. The Morgan fingerprint density at radius 1 is 0.432 bits per heavy atom. The van der Waals surface area contributed by atoms with Gasteiger partial charge in [0.05, 0.1) is 0 Å². The van der Waals surface area contributed by atoms with Gasteiger partial charge in [0, 0.05) is 39.3 Å². The highest BCUT2D eigenvalue weighted by molar-refractivity contribution is 5.38. The van der Waals surface area contributed by atoms with Gasteiger partial charge >= 0.3 is 0 Å². The van der Waals surface area contributed by atoms with Crippen LogP contribution in [0.25, 0.3) is 0 Å². The first kappa shape index (κ1) is 36.7. The summed E-state index contributed by atoms with van der Waals surface area (Å²) in [5, 5.41) is 7.57. The number of nitrogens with zero attached hydrogens (tertiary/aromatic N) is 2. The largest absolute Gasteiger partial charge is 0.315 e. The van der Waals surface area contributed by atoms with Gasteiger partial charge in [0.1, 0.15) is 0 Å². The Morgan fingerprint density at radius 3 is 1.00 bits per heavy atom. The first-order chi connectivity index (χ1) is 20.3. The van der Waals surface area contributed by atoms with E-state index in [2.05, 4.69) is 140 Å². The number of hydrogen-bond acceptors (Lipinski definition) is 4. The van der Waals surface area contributed by atoms with Crippen LogP contribution in [0.4, 0.5) is 0 Å². The molecule has 1 aliphatic heterocycles. The van der Waals surface area contributed by atoms with E-state index in [1.54, 1.807) is 0 Å². The average molecular weight is 605 g/mol. The molecular weight excluding hydrogens is 536 g/mol. The summed E-state index contributed by atoms with van der Waals surface area (Å²) in [6.07, 6.45) is 2.35. The van der Waals surface area contributed by atoms with E-state index in [4.69, 9.17) is 0 Å². The third-order valence-corrected chi connectivity index (χ3v) is 9.13. The molecular formula is C40H68N4. The van der Waals surface area contributed by atoms with Gasteiger partial charge in [0.2, 0.25) is 0 Å². The normalized spacial score (nSPS) is 18.3. The topological polar surface area (TPSA) is 30.5 Å². The lowest BCUT2D eigenvalue weighted by Crippen LogP contribution is -2.38. The van der Waals surface area contributed by atoms with E-state index in [0.717, 1.165) is 65.4 Å². The van der Waals surface area contributed by atoms with E-state index in [1.165, 1.54) is 46.2 Å². The van der Waals surface area contributed by atoms with Crippen LogP contribution in [0.1, 0.15) is 129 Å². The summed E-state index contributed by atoms with van der Waals surface area (Å²) >= 11 is 0. The molecule has 4 nitrogen and oxygen atoms in total. The van der Waals surface area contributed by atoms with Crippen molar-refractivity contribution in [2.45, 2.75) is 131 Å². The monoisotopic (exact) mass is 605 g/mol. The van der Waals surface area contributed by atoms with Gasteiger partial charge in [-0.3, -0.25) is 9.80 Å². The zero-order chi connectivity index (χ0) is 32.8. The molecule has 1 heterocycles. The number of hydrogen-bond donors (Lipinski definition) is 2. The fourth-order valence-corrected chi connectivity index (χ4v) is 5.93. The lowest BCUT2D eigenvalue weighted by molar-refractivity contribution is 0.241. The third-order valence-electron chi connectivity index (χ3n) is 9.13. The predicted octanol–water partition coefficient (Wildman–Crippen LogP) is 8.15. The van der Waals surface area contributed by atoms with Gasteiger partial charge in [-0.05, 0) is 94.1 Å². The molecule has 2 aromatic rings. The highest BCUT2D eigenvalue weighted by Gasteiger charge is 2.23. The van der Waals surface area contributed by atoms with Crippen LogP contribution in [0.15, 0.2) is 36.4 Å². The second-order valence-corrected chi connectivity index (χ2v) is 17.6. The van der Waals surface area contributed by atoms with Crippen LogP contribution in [0, 0.1) is 0 Å². The Hall–Kier alpha value is -1.72. The summed E-state index contributed by atoms with van der Waals surface area (Å²) in [5.74, 6) is 0. The Labute approximate surface area is 272 Å². The zero-order valence-electron chi connectivity index (χ0n) is 30.8. The Kier molecular flexibility index (Phi) is 12.7. The summed E-state index contributed by atoms with van der Waals surface area (Å²) in [6.45, 7) is 38.7. The van der Waals surface area contributed by atoms with Crippen molar-refractivity contribution in [2.75, 3.05) is 52.4 Å². The van der Waals surface area contributed by atoms with Crippen molar-refractivity contribution < 1.29 is 0 Å². The van der Waals surface area contributed by atoms with Crippen molar-refractivity contribution in [3.05, 3.63) is 69.8 Å². The Bertz CT molecular complexity index is 996. The molecule has 1 aliphatic rings. The van der Waals surface area contributed by atoms with E-state index in [-0.39, 0.29) is 21.7 Å². The van der Waals surface area contributed by atoms with Gasteiger partial charge in [-0.1, -0.05) is 119 Å². The summed E-state index contributed by atoms with van der Waals surface area (Å²) in [4.78, 5) is 5.33. The van der Waals surface area contributed by atoms with Crippen LogP contribution in [-0.4, -0.2) is 62.2 Å². The van der Waals surface area contributed by atoms with E-state index in [1.807, 2.05) is 0 Å². The molecule has 3 rings (SSSR count). The molecule has 1 saturated heterocycles. The molecule has 0 saturated carbocycles. The van der Waals surface area contributed by atoms with E-state index >= 15 is 0 Å². The molecule has 0 bridgehead atoms. The molecule has 0 aromatic heterocycles. The second-order valence-electron chi connectivity index (χ2n) is 17.6. The molecule has 2 N–H and O–H groups in total. The van der Waals surface area contributed by atoms with Crippen LogP contribution < -0.4 is 10.6 Å². The van der Waals surface area contributed by atoms with Crippen LogP contribution >= 0.6 is 0 Å². The SMILES string of the molecule is CC(C)(C)c1cc(CN2CCCNCCN(Cc3cc(C(C)(C)C)cc(C(C)(C)C)c3)CCCNCC2)cc(C(C)(C)C)c1. The molecule has 0 radical (unpaired) electrons. The molecule has 248 valence electrons. The minimum atomic E-state index is 0.151. The molecule has 0 atom stereocenters. The third kappa shape index (κ3) is 11.9. The standard InChI is InChI=1S/C40H68N4/c1-37(2,3)33-23-31(24-34(27-33)38(4,5)6)29-43-19-13-15-42-18-22-44(20-14-16-41-17-21-43)30-32-25-35(39(7,8)9)28-36(26-32)40(10,11)12/h23-28,41-42H,13-22,29-30H2,1-12H3. The first-order valence-corrected chi connectivity index (χ1v) is 17.5. The molecule has 0 spiro atoms. The quantitative estimate of drug-likeness (QED) is 0.369. The van der Waals surface area contributed by atoms with Crippen LogP contribution in [-0.2, 0) is 34.7 Å². The van der Waals surface area contributed by atoms with Gasteiger partial charge in [0.15, 0.2) is 0 Å². The second kappa shape index (κ2) is 15.2. The summed E-state index contributed by atoms with van der Waals surface area (Å²) in [6, 6.07) is 14.7. The van der Waals surface area contributed by atoms with Gasteiger partial charge in [-0.25, -0.2) is 0 Å². The lowest BCUT2D eigenvalue weighted by Gasteiger charge is -2.29. The fourth-order valence-electron chi connectivity index (χ4n) is 5.93. The maximum atomic E-state index is 3.78. The highest BCUT2D eigenvalue weighted by Crippen LogP contribution is 2.32. The maximum Gasteiger partial charge on any atom is 0.0234 e. The lowest BCUT2D eigenvalue weighted by atomic mass is 9.79. The zero-order valence-corrected chi connectivity index (χ0v) is 30.8. The van der Waals surface area contributed by atoms with Gasteiger partial charge in [-0.15, -0.1) is 0 Å². The molecule has 0 amide bonds. The molecule has 0 unspecified atom stereocenters. The molecule has 4 heteroatoms. The van der Waals surface area contributed by atoms with Crippen molar-refractivity contribution in [3.63, 3.8) is 0 Å². The van der Waals surface area contributed by atoms with E-state index < -0.39 is 0 Å². The Morgan fingerprint density at radius 2 is 0.727 bits per heavy atom. The Balaban J connectivity index is 1.65. The predicted molar refractivity (Wildman–Crippen MR) is 193 cm³/mol. The summed E-state index contributed by atoms with van der Waals surface area (Å²) in [5.41, 5.74) is 9.32. The number of benzene rings is 2. The van der Waals surface area contributed by atoms with Crippen LogP contribution in [0.3, 0.4) is 0 Å². The van der Waals surface area contributed by atoms with Crippen molar-refractivity contribution in [3.8, 4) is 0 Å². The van der Waals surface area contributed by atoms with Gasteiger partial charge in [0.25, 0.3) is 0 Å². The van der Waals surface area contributed by atoms with Crippen molar-refractivity contribution in [2.24, 2.45) is 0 Å². The minimum Gasteiger partial charge on any atom is -0.315 e. The van der Waals surface area contributed by atoms with Crippen molar-refractivity contribution >= 4 is 0 Å². The van der Waals surface area contributed by atoms with Crippen LogP contribution in [0.5, 0.6) is 0 Å². The molecule has 0 aliphatic carbocycles. The van der Waals surface area contributed by atoms with Gasteiger partial charge in [-0.2, -0.15) is 0 Å². The molecule has 44 heavy (non-hydrogen) atoms.